The highest BCUT2D eigenvalue weighted by atomic mass is 15.0. The zero-order valence-electron chi connectivity index (χ0n) is 12.1. The lowest BCUT2D eigenvalue weighted by Crippen LogP contribution is -2.27. The molecule has 0 saturated heterocycles. The molecule has 1 aliphatic carbocycles. The van der Waals surface area contributed by atoms with E-state index in [1.165, 1.54) is 45.3 Å². The van der Waals surface area contributed by atoms with Crippen LogP contribution in [0.15, 0.2) is 11.6 Å². The summed E-state index contributed by atoms with van der Waals surface area (Å²) in [7, 11) is 4.29. The molecule has 0 aromatic rings. The number of unbranched alkanes of at least 4 members (excludes halogenated alkanes) is 1. The molecule has 0 fully saturated rings. The number of hydrogen-bond acceptors (Lipinski definition) is 2. The van der Waals surface area contributed by atoms with Crippen molar-refractivity contribution in [2.45, 2.75) is 39.5 Å². The summed E-state index contributed by atoms with van der Waals surface area (Å²) in [4.78, 5) is 2.26. The molecule has 0 aliphatic heterocycles. The maximum absolute atomic E-state index is 3.62. The van der Waals surface area contributed by atoms with Gasteiger partial charge in [0.2, 0.25) is 0 Å². The van der Waals surface area contributed by atoms with Crippen LogP contribution in [-0.2, 0) is 0 Å². The van der Waals surface area contributed by atoms with Crippen LogP contribution >= 0.6 is 0 Å². The fourth-order valence-electron chi connectivity index (χ4n) is 2.83. The zero-order chi connectivity index (χ0) is 12.7. The van der Waals surface area contributed by atoms with Gasteiger partial charge >= 0.3 is 0 Å². The third-order valence-electron chi connectivity index (χ3n) is 3.53. The van der Waals surface area contributed by atoms with E-state index in [1.807, 2.05) is 0 Å². The maximum Gasteiger partial charge on any atom is -0.00172 e. The van der Waals surface area contributed by atoms with Crippen LogP contribution in [0.2, 0.25) is 0 Å². The topological polar surface area (TPSA) is 15.3 Å². The van der Waals surface area contributed by atoms with E-state index in [0.29, 0.717) is 0 Å². The zero-order valence-corrected chi connectivity index (χ0v) is 12.1. The van der Waals surface area contributed by atoms with E-state index >= 15 is 0 Å². The Kier molecular flexibility index (Phi) is 6.83. The lowest BCUT2D eigenvalue weighted by molar-refractivity contribution is 0.368. The van der Waals surface area contributed by atoms with Crippen LogP contribution in [0.5, 0.6) is 0 Å². The quantitative estimate of drug-likeness (QED) is 0.542. The smallest absolute Gasteiger partial charge is 0.00172 e. The molecule has 2 nitrogen and oxygen atoms in total. The molecule has 1 rings (SSSR count). The highest BCUT2D eigenvalue weighted by molar-refractivity contribution is 5.06. The van der Waals surface area contributed by atoms with Gasteiger partial charge in [-0.05, 0) is 78.2 Å². The molecule has 2 unspecified atom stereocenters. The van der Waals surface area contributed by atoms with Crippen LogP contribution in [0.25, 0.3) is 0 Å². The van der Waals surface area contributed by atoms with E-state index in [4.69, 9.17) is 0 Å². The molecule has 1 aliphatic rings. The van der Waals surface area contributed by atoms with Crippen LogP contribution in [0.1, 0.15) is 39.5 Å². The SMILES string of the molecule is CC1=CC(C)CC(CNCCCCN(C)C)C1. The molecule has 2 heteroatoms. The molecule has 0 amide bonds. The van der Waals surface area contributed by atoms with Crippen molar-refractivity contribution in [2.75, 3.05) is 33.7 Å². The number of nitrogens with zero attached hydrogens (tertiary/aromatic N) is 1. The minimum atomic E-state index is 0.782. The van der Waals surface area contributed by atoms with Crippen molar-refractivity contribution < 1.29 is 0 Å². The summed E-state index contributed by atoms with van der Waals surface area (Å²) in [6.45, 7) is 8.22. The molecule has 0 spiro atoms. The van der Waals surface area contributed by atoms with Crippen LogP contribution in [0.3, 0.4) is 0 Å². The molecule has 0 saturated carbocycles. The molecule has 0 heterocycles. The minimum Gasteiger partial charge on any atom is -0.316 e. The van der Waals surface area contributed by atoms with Crippen LogP contribution < -0.4 is 5.32 Å². The van der Waals surface area contributed by atoms with Gasteiger partial charge in [-0.15, -0.1) is 0 Å². The normalized spacial score (nSPS) is 25.1. The fourth-order valence-corrected chi connectivity index (χ4v) is 2.83. The number of nitrogens with one attached hydrogen (secondary N) is 1. The highest BCUT2D eigenvalue weighted by Crippen LogP contribution is 2.27. The van der Waals surface area contributed by atoms with Crippen molar-refractivity contribution in [3.05, 3.63) is 11.6 Å². The van der Waals surface area contributed by atoms with Gasteiger partial charge in [-0.2, -0.15) is 0 Å². The highest BCUT2D eigenvalue weighted by Gasteiger charge is 2.17. The first-order valence-corrected chi connectivity index (χ1v) is 7.10. The van der Waals surface area contributed by atoms with Crippen LogP contribution in [0, 0.1) is 11.8 Å². The van der Waals surface area contributed by atoms with Gasteiger partial charge in [-0.1, -0.05) is 18.6 Å². The van der Waals surface area contributed by atoms with Gasteiger partial charge in [0.1, 0.15) is 0 Å². The van der Waals surface area contributed by atoms with Gasteiger partial charge in [0.25, 0.3) is 0 Å². The average Bonchev–Trinajstić information content (AvgIpc) is 2.21. The summed E-state index contributed by atoms with van der Waals surface area (Å²) in [6.07, 6.45) is 7.71. The first-order chi connectivity index (χ1) is 8.08. The average molecular weight is 238 g/mol. The predicted molar refractivity (Wildman–Crippen MR) is 76.3 cm³/mol. The van der Waals surface area contributed by atoms with Gasteiger partial charge < -0.3 is 10.2 Å². The summed E-state index contributed by atoms with van der Waals surface area (Å²) in [5.41, 5.74) is 1.59. The number of allylic oxidation sites excluding steroid dienone is 2. The molecular weight excluding hydrogens is 208 g/mol. The Bertz CT molecular complexity index is 233. The summed E-state index contributed by atoms with van der Waals surface area (Å²) >= 11 is 0. The van der Waals surface area contributed by atoms with E-state index in [0.717, 1.165) is 11.8 Å². The van der Waals surface area contributed by atoms with Gasteiger partial charge in [0, 0.05) is 0 Å². The van der Waals surface area contributed by atoms with Crippen molar-refractivity contribution in [1.82, 2.24) is 10.2 Å². The van der Waals surface area contributed by atoms with Crippen molar-refractivity contribution in [3.8, 4) is 0 Å². The van der Waals surface area contributed by atoms with Crippen molar-refractivity contribution in [3.63, 3.8) is 0 Å². The standard InChI is InChI=1S/C15H30N2/c1-13-9-14(2)11-15(10-13)12-16-7-5-6-8-17(3)4/h9,13,15-16H,5-8,10-12H2,1-4H3. The Balaban J connectivity index is 2.02. The van der Waals surface area contributed by atoms with E-state index in [-0.39, 0.29) is 0 Å². The summed E-state index contributed by atoms with van der Waals surface area (Å²) < 4.78 is 0. The lowest BCUT2D eigenvalue weighted by Gasteiger charge is -2.25. The molecular formula is C15H30N2. The third-order valence-corrected chi connectivity index (χ3v) is 3.53. The second-order valence-corrected chi connectivity index (χ2v) is 6.01. The van der Waals surface area contributed by atoms with E-state index in [2.05, 4.69) is 44.2 Å². The monoisotopic (exact) mass is 238 g/mol. The molecule has 0 aromatic carbocycles. The van der Waals surface area contributed by atoms with Crippen molar-refractivity contribution in [2.24, 2.45) is 11.8 Å². The number of rotatable bonds is 7. The molecule has 1 N–H and O–H groups in total. The molecule has 2 atom stereocenters. The lowest BCUT2D eigenvalue weighted by atomic mass is 9.84. The predicted octanol–water partition coefficient (Wildman–Crippen LogP) is 2.91. The summed E-state index contributed by atoms with van der Waals surface area (Å²) in [6, 6.07) is 0. The Morgan fingerprint density at radius 2 is 2.12 bits per heavy atom. The van der Waals surface area contributed by atoms with Crippen LogP contribution in [0.4, 0.5) is 0 Å². The maximum atomic E-state index is 3.62. The second-order valence-electron chi connectivity index (χ2n) is 6.01. The summed E-state index contributed by atoms with van der Waals surface area (Å²) in [5, 5.41) is 3.62. The molecule has 100 valence electrons. The van der Waals surface area contributed by atoms with E-state index < -0.39 is 0 Å². The first kappa shape index (κ1) is 14.7. The largest absolute Gasteiger partial charge is 0.316 e. The Labute approximate surface area is 107 Å². The van der Waals surface area contributed by atoms with Gasteiger partial charge in [-0.3, -0.25) is 0 Å². The molecule has 0 bridgehead atoms. The summed E-state index contributed by atoms with van der Waals surface area (Å²) in [5.74, 6) is 1.65. The van der Waals surface area contributed by atoms with Crippen molar-refractivity contribution >= 4 is 0 Å². The molecule has 0 aromatic heterocycles. The Morgan fingerprint density at radius 3 is 2.76 bits per heavy atom. The first-order valence-electron chi connectivity index (χ1n) is 7.10. The van der Waals surface area contributed by atoms with Gasteiger partial charge in [0.15, 0.2) is 0 Å². The van der Waals surface area contributed by atoms with Gasteiger partial charge in [0.05, 0.1) is 0 Å². The van der Waals surface area contributed by atoms with E-state index in [9.17, 15) is 0 Å². The van der Waals surface area contributed by atoms with Crippen LogP contribution in [-0.4, -0.2) is 38.6 Å². The second kappa shape index (κ2) is 7.88. The Morgan fingerprint density at radius 1 is 1.35 bits per heavy atom. The number of hydrogen-bond donors (Lipinski definition) is 1. The van der Waals surface area contributed by atoms with Crippen molar-refractivity contribution in [1.29, 1.82) is 0 Å². The molecule has 17 heavy (non-hydrogen) atoms. The van der Waals surface area contributed by atoms with Gasteiger partial charge in [-0.25, -0.2) is 0 Å². The minimum absolute atomic E-state index is 0.782. The van der Waals surface area contributed by atoms with E-state index in [1.54, 1.807) is 5.57 Å². The third kappa shape index (κ3) is 6.85. The molecule has 0 radical (unpaired) electrons. The fraction of sp³-hybridized carbons (Fsp3) is 0.867. The Hall–Kier alpha value is -0.340.